The van der Waals surface area contributed by atoms with E-state index in [2.05, 4.69) is 52.4 Å². The molecule has 8 heteroatoms. The van der Waals surface area contributed by atoms with Gasteiger partial charge < -0.3 is 15.4 Å². The lowest BCUT2D eigenvalue weighted by molar-refractivity contribution is -0.122. The molecule has 2 aromatic rings. The molecule has 1 amide bonds. The van der Waals surface area contributed by atoms with Crippen LogP contribution in [-0.2, 0) is 17.9 Å². The van der Waals surface area contributed by atoms with Crippen molar-refractivity contribution in [3.8, 4) is 5.75 Å². The molecule has 3 aliphatic rings. The molecule has 1 aromatic heterocycles. The van der Waals surface area contributed by atoms with Gasteiger partial charge in [-0.05, 0) is 69.6 Å². The Morgan fingerprint density at radius 1 is 1.28 bits per heavy atom. The summed E-state index contributed by atoms with van der Waals surface area (Å²) < 4.78 is 6.74. The van der Waals surface area contributed by atoms with Crippen LogP contribution in [0.2, 0.25) is 0 Å². The number of benzene rings is 1. The molecule has 4 atom stereocenters. The van der Waals surface area contributed by atoms with Gasteiger partial charge in [-0.2, -0.15) is 5.10 Å². The summed E-state index contributed by atoms with van der Waals surface area (Å²) in [6.07, 6.45) is 4.05. The zero-order chi connectivity index (χ0) is 23.0. The number of anilines is 1. The number of ether oxygens (including phenoxy) is 1. The summed E-state index contributed by atoms with van der Waals surface area (Å²) in [7, 11) is 1.61. The quantitative estimate of drug-likeness (QED) is 0.601. The number of nitrogens with one attached hydrogen (secondary N) is 2. The van der Waals surface area contributed by atoms with Crippen molar-refractivity contribution in [3.63, 3.8) is 0 Å². The smallest absolute Gasteiger partial charge is 0.283 e. The summed E-state index contributed by atoms with van der Waals surface area (Å²) >= 11 is 3.43. The minimum Gasteiger partial charge on any atom is -0.497 e. The second-order valence-corrected chi connectivity index (χ2v) is 10.5. The van der Waals surface area contributed by atoms with Gasteiger partial charge in [-0.25, -0.2) is 4.68 Å². The van der Waals surface area contributed by atoms with Crippen molar-refractivity contribution in [2.45, 2.75) is 52.7 Å². The highest BCUT2D eigenvalue weighted by molar-refractivity contribution is 9.10. The Balaban J connectivity index is 1.36. The summed E-state index contributed by atoms with van der Waals surface area (Å²) in [5, 5.41) is 10.6. The van der Waals surface area contributed by atoms with E-state index in [1.165, 1.54) is 11.1 Å². The Labute approximate surface area is 197 Å². The monoisotopic (exact) mass is 502 g/mol. The Kier molecular flexibility index (Phi) is 6.34. The summed E-state index contributed by atoms with van der Waals surface area (Å²) in [5.41, 5.74) is 1.74. The van der Waals surface area contributed by atoms with E-state index in [1.54, 1.807) is 13.3 Å². The summed E-state index contributed by atoms with van der Waals surface area (Å²) in [4.78, 5) is 25.1. The van der Waals surface area contributed by atoms with Crippen LogP contribution in [0.25, 0.3) is 0 Å². The number of halogens is 1. The van der Waals surface area contributed by atoms with Crippen molar-refractivity contribution < 1.29 is 9.53 Å². The van der Waals surface area contributed by atoms with Gasteiger partial charge in [0.1, 0.15) is 16.8 Å². The highest BCUT2D eigenvalue weighted by Crippen LogP contribution is 2.61. The van der Waals surface area contributed by atoms with Crippen molar-refractivity contribution in [1.82, 2.24) is 15.1 Å². The highest BCUT2D eigenvalue weighted by atomic mass is 79.9. The number of aromatic nitrogens is 2. The number of amides is 1. The van der Waals surface area contributed by atoms with Gasteiger partial charge in [0, 0.05) is 12.6 Å². The molecule has 2 bridgehead atoms. The van der Waals surface area contributed by atoms with Gasteiger partial charge in [-0.3, -0.25) is 9.59 Å². The first-order chi connectivity index (χ1) is 15.2. The van der Waals surface area contributed by atoms with E-state index in [4.69, 9.17) is 4.74 Å². The molecule has 1 heterocycles. The lowest BCUT2D eigenvalue weighted by atomic mass is 9.45. The molecular formula is C24H31BrN4O3. The number of nitrogens with zero attached hydrogens (tertiary/aromatic N) is 2. The van der Waals surface area contributed by atoms with Crippen LogP contribution in [0.15, 0.2) is 39.7 Å². The summed E-state index contributed by atoms with van der Waals surface area (Å²) in [6, 6.07) is 7.78. The first kappa shape index (κ1) is 22.8. The van der Waals surface area contributed by atoms with E-state index >= 15 is 0 Å². The van der Waals surface area contributed by atoms with E-state index in [9.17, 15) is 9.59 Å². The predicted octanol–water partition coefficient (Wildman–Crippen LogP) is 3.81. The zero-order valence-electron chi connectivity index (χ0n) is 19.0. The van der Waals surface area contributed by atoms with Crippen molar-refractivity contribution in [3.05, 3.63) is 50.9 Å². The molecule has 0 aliphatic heterocycles. The molecule has 0 saturated heterocycles. The van der Waals surface area contributed by atoms with Crippen LogP contribution in [0.4, 0.5) is 5.69 Å². The van der Waals surface area contributed by atoms with Crippen LogP contribution < -0.4 is 20.9 Å². The number of methoxy groups -OCH3 is 1. The molecule has 5 rings (SSSR count). The molecule has 0 unspecified atom stereocenters. The van der Waals surface area contributed by atoms with Gasteiger partial charge in [0.2, 0.25) is 5.91 Å². The number of rotatable bonds is 7. The minimum atomic E-state index is -0.316. The van der Waals surface area contributed by atoms with Crippen molar-refractivity contribution in [2.24, 2.45) is 23.2 Å². The molecule has 172 valence electrons. The number of fused-ring (bicyclic) bond motifs is 2. The van der Waals surface area contributed by atoms with Gasteiger partial charge in [-0.1, -0.05) is 32.9 Å². The molecule has 0 spiro atoms. The van der Waals surface area contributed by atoms with Gasteiger partial charge >= 0.3 is 0 Å². The number of carbonyl (C=O) groups excluding carboxylic acids is 1. The topological polar surface area (TPSA) is 85.2 Å². The van der Waals surface area contributed by atoms with Crippen LogP contribution in [-0.4, -0.2) is 28.8 Å². The second kappa shape index (κ2) is 8.89. The Morgan fingerprint density at radius 3 is 2.62 bits per heavy atom. The lowest BCUT2D eigenvalue weighted by Gasteiger charge is -2.62. The normalized spacial score (nSPS) is 25.5. The second-order valence-electron chi connectivity index (χ2n) is 9.67. The summed E-state index contributed by atoms with van der Waals surface area (Å²) in [6.45, 7) is 7.28. The Morgan fingerprint density at radius 2 is 2.00 bits per heavy atom. The fraction of sp³-hybridized carbons (Fsp3) is 0.542. The molecule has 3 fully saturated rings. The fourth-order valence-corrected chi connectivity index (χ4v) is 5.78. The standard InChI is InChI=1S/C24H31BrN4O3/c1-14-18-9-16(24(18,2)3)10-19(14)28-20-12-27-29(23(31)22(20)25)13-21(30)26-11-15-5-7-17(32-4)8-6-15/h5-8,12,14,16,18-19,28H,9-11,13H2,1-4H3,(H,26,30)/t14-,16+,18-,19-/m1/s1. The molecule has 1 aromatic carbocycles. The number of hydrogen-bond acceptors (Lipinski definition) is 5. The molecule has 32 heavy (non-hydrogen) atoms. The molecule has 2 N–H and O–H groups in total. The maximum atomic E-state index is 12.8. The van der Waals surface area contributed by atoms with Crippen LogP contribution in [0.1, 0.15) is 39.2 Å². The Hall–Kier alpha value is -2.35. The van der Waals surface area contributed by atoms with E-state index in [-0.39, 0.29) is 18.0 Å². The van der Waals surface area contributed by atoms with E-state index in [1.807, 2.05) is 24.3 Å². The molecule has 0 radical (unpaired) electrons. The zero-order valence-corrected chi connectivity index (χ0v) is 20.6. The highest BCUT2D eigenvalue weighted by Gasteiger charge is 2.56. The minimum absolute atomic E-state index is 0.133. The van der Waals surface area contributed by atoms with Gasteiger partial charge in [0.25, 0.3) is 5.56 Å². The van der Waals surface area contributed by atoms with Crippen molar-refractivity contribution in [1.29, 1.82) is 0 Å². The third-order valence-corrected chi connectivity index (χ3v) is 8.39. The van der Waals surface area contributed by atoms with Crippen LogP contribution in [0, 0.1) is 23.2 Å². The molecular weight excluding hydrogens is 472 g/mol. The largest absolute Gasteiger partial charge is 0.497 e. The van der Waals surface area contributed by atoms with E-state index < -0.39 is 0 Å². The maximum absolute atomic E-state index is 12.8. The molecule has 7 nitrogen and oxygen atoms in total. The van der Waals surface area contributed by atoms with E-state index in [0.29, 0.717) is 40.0 Å². The molecule has 3 saturated carbocycles. The maximum Gasteiger partial charge on any atom is 0.283 e. The Bertz CT molecular complexity index is 1050. The molecule has 3 aliphatic carbocycles. The first-order valence-corrected chi connectivity index (χ1v) is 11.9. The average Bonchev–Trinajstić information content (AvgIpc) is 2.78. The lowest BCUT2D eigenvalue weighted by Crippen LogP contribution is -2.58. The number of hydrogen-bond donors (Lipinski definition) is 2. The van der Waals surface area contributed by atoms with Crippen LogP contribution >= 0.6 is 15.9 Å². The summed E-state index contributed by atoms with van der Waals surface area (Å²) in [5.74, 6) is 2.46. The van der Waals surface area contributed by atoms with E-state index in [0.717, 1.165) is 23.7 Å². The fourth-order valence-electron chi connectivity index (χ4n) is 5.35. The van der Waals surface area contributed by atoms with Gasteiger partial charge in [0.15, 0.2) is 0 Å². The van der Waals surface area contributed by atoms with Gasteiger partial charge in [-0.15, -0.1) is 0 Å². The predicted molar refractivity (Wildman–Crippen MR) is 128 cm³/mol. The van der Waals surface area contributed by atoms with Crippen molar-refractivity contribution in [2.75, 3.05) is 12.4 Å². The third kappa shape index (κ3) is 4.29. The van der Waals surface area contributed by atoms with Crippen molar-refractivity contribution >= 4 is 27.5 Å². The average molecular weight is 503 g/mol. The number of carbonyl (C=O) groups is 1. The third-order valence-electron chi connectivity index (χ3n) is 7.62. The SMILES string of the molecule is COc1ccc(CNC(=O)Cn2ncc(N[C@@H]3C[C@@H]4C[C@H]([C@H]3C)C4(C)C)c(Br)c2=O)cc1. The van der Waals surface area contributed by atoms with Gasteiger partial charge in [0.05, 0.1) is 19.0 Å². The van der Waals surface area contributed by atoms with Crippen LogP contribution in [0.3, 0.4) is 0 Å². The van der Waals surface area contributed by atoms with Crippen LogP contribution in [0.5, 0.6) is 5.75 Å². The first-order valence-electron chi connectivity index (χ1n) is 11.1.